The number of H-pyrrole nitrogens is 1. The molecule has 6 heteroatoms. The maximum absolute atomic E-state index is 13.3. The SMILES string of the molecule is O=C(NC1CCc2cc(F)ccc21)c1ccc(-c2ccco2)[nH]c1=O. The molecule has 2 heterocycles. The van der Waals surface area contributed by atoms with Crippen LogP contribution < -0.4 is 10.9 Å². The number of nitrogens with one attached hydrogen (secondary N) is 2. The van der Waals surface area contributed by atoms with Crippen LogP contribution in [0.4, 0.5) is 4.39 Å². The van der Waals surface area contributed by atoms with Crippen LogP contribution in [0.1, 0.15) is 33.9 Å². The lowest BCUT2D eigenvalue weighted by Gasteiger charge is -2.14. The highest BCUT2D eigenvalue weighted by Gasteiger charge is 2.25. The number of aryl methyl sites for hydroxylation is 1. The monoisotopic (exact) mass is 338 g/mol. The topological polar surface area (TPSA) is 75.1 Å². The van der Waals surface area contributed by atoms with Crippen molar-refractivity contribution >= 4 is 5.91 Å². The molecule has 1 aliphatic carbocycles. The minimum atomic E-state index is -0.483. The van der Waals surface area contributed by atoms with Gasteiger partial charge in [-0.3, -0.25) is 9.59 Å². The number of rotatable bonds is 3. The molecule has 0 saturated heterocycles. The van der Waals surface area contributed by atoms with Gasteiger partial charge in [0.05, 0.1) is 18.0 Å². The van der Waals surface area contributed by atoms with Gasteiger partial charge in [0.15, 0.2) is 0 Å². The van der Waals surface area contributed by atoms with E-state index in [1.165, 1.54) is 24.5 Å². The van der Waals surface area contributed by atoms with Crippen LogP contribution in [0.15, 0.2) is 57.9 Å². The largest absolute Gasteiger partial charge is 0.463 e. The molecule has 0 fully saturated rings. The number of benzene rings is 1. The number of hydrogen-bond donors (Lipinski definition) is 2. The summed E-state index contributed by atoms with van der Waals surface area (Å²) in [6, 6.07) is 10.9. The van der Waals surface area contributed by atoms with E-state index in [-0.39, 0.29) is 17.4 Å². The number of pyridine rings is 1. The standard InChI is InChI=1S/C19H15FN2O3/c20-12-4-5-13-11(10-12)3-7-15(13)21-18(23)14-6-8-16(22-19(14)24)17-2-1-9-25-17/h1-2,4-6,8-10,15H,3,7H2,(H,21,23)(H,22,24). The first-order valence-corrected chi connectivity index (χ1v) is 7.98. The zero-order valence-corrected chi connectivity index (χ0v) is 13.2. The summed E-state index contributed by atoms with van der Waals surface area (Å²) in [5.74, 6) is -0.207. The smallest absolute Gasteiger partial charge is 0.261 e. The molecule has 25 heavy (non-hydrogen) atoms. The van der Waals surface area contributed by atoms with Crippen LogP contribution >= 0.6 is 0 Å². The third-order valence-electron chi connectivity index (χ3n) is 4.43. The van der Waals surface area contributed by atoms with E-state index in [9.17, 15) is 14.0 Å². The Morgan fingerprint density at radius 1 is 1.24 bits per heavy atom. The van der Waals surface area contributed by atoms with Crippen molar-refractivity contribution in [3.05, 3.63) is 81.6 Å². The molecular formula is C19H15FN2O3. The fourth-order valence-electron chi connectivity index (χ4n) is 3.20. The highest BCUT2D eigenvalue weighted by atomic mass is 19.1. The van der Waals surface area contributed by atoms with Gasteiger partial charge in [0.1, 0.15) is 17.1 Å². The molecule has 0 radical (unpaired) electrons. The maximum Gasteiger partial charge on any atom is 0.261 e. The molecule has 2 N–H and O–H groups in total. The van der Waals surface area contributed by atoms with Gasteiger partial charge in [0, 0.05) is 0 Å². The zero-order chi connectivity index (χ0) is 17.4. The summed E-state index contributed by atoms with van der Waals surface area (Å²) in [6.07, 6.45) is 2.90. The average molecular weight is 338 g/mol. The van der Waals surface area contributed by atoms with Crippen molar-refractivity contribution in [2.45, 2.75) is 18.9 Å². The number of fused-ring (bicyclic) bond motifs is 1. The van der Waals surface area contributed by atoms with E-state index in [4.69, 9.17) is 4.42 Å². The lowest BCUT2D eigenvalue weighted by atomic mass is 10.1. The summed E-state index contributed by atoms with van der Waals surface area (Å²) < 4.78 is 18.5. The molecule has 4 rings (SSSR count). The average Bonchev–Trinajstić information content (AvgIpc) is 3.25. The molecule has 2 aromatic heterocycles. The van der Waals surface area contributed by atoms with Crippen LogP contribution in [0.5, 0.6) is 0 Å². The van der Waals surface area contributed by atoms with E-state index >= 15 is 0 Å². The van der Waals surface area contributed by atoms with E-state index in [1.54, 1.807) is 24.3 Å². The number of aromatic nitrogens is 1. The Morgan fingerprint density at radius 3 is 2.88 bits per heavy atom. The van der Waals surface area contributed by atoms with E-state index in [2.05, 4.69) is 10.3 Å². The second-order valence-electron chi connectivity index (χ2n) is 6.00. The molecule has 5 nitrogen and oxygen atoms in total. The van der Waals surface area contributed by atoms with Gasteiger partial charge in [-0.1, -0.05) is 6.07 Å². The summed E-state index contributed by atoms with van der Waals surface area (Å²) in [7, 11) is 0. The number of furan rings is 1. The second-order valence-corrected chi connectivity index (χ2v) is 6.00. The van der Waals surface area contributed by atoms with Crippen molar-refractivity contribution < 1.29 is 13.6 Å². The predicted molar refractivity (Wildman–Crippen MR) is 89.7 cm³/mol. The van der Waals surface area contributed by atoms with Crippen molar-refractivity contribution in [3.63, 3.8) is 0 Å². The quantitative estimate of drug-likeness (QED) is 0.770. The van der Waals surface area contributed by atoms with Crippen LogP contribution in [0.3, 0.4) is 0 Å². The molecule has 0 aliphatic heterocycles. The van der Waals surface area contributed by atoms with Crippen LogP contribution in [0.2, 0.25) is 0 Å². The van der Waals surface area contributed by atoms with Crippen LogP contribution in [-0.4, -0.2) is 10.9 Å². The summed E-state index contributed by atoms with van der Waals surface area (Å²) in [5.41, 5.74) is 1.86. The summed E-state index contributed by atoms with van der Waals surface area (Å²) in [6.45, 7) is 0. The Kier molecular flexibility index (Phi) is 3.72. The van der Waals surface area contributed by atoms with Crippen molar-refractivity contribution in [2.75, 3.05) is 0 Å². The van der Waals surface area contributed by atoms with Gasteiger partial charge in [-0.05, 0) is 60.4 Å². The number of carbonyl (C=O) groups is 1. The number of hydrogen-bond acceptors (Lipinski definition) is 3. The van der Waals surface area contributed by atoms with Crippen molar-refractivity contribution in [1.82, 2.24) is 10.3 Å². The molecule has 126 valence electrons. The van der Waals surface area contributed by atoms with Crippen molar-refractivity contribution in [1.29, 1.82) is 0 Å². The first-order valence-electron chi connectivity index (χ1n) is 7.98. The van der Waals surface area contributed by atoms with Crippen LogP contribution in [0.25, 0.3) is 11.5 Å². The van der Waals surface area contributed by atoms with Gasteiger partial charge in [0.25, 0.3) is 11.5 Å². The molecular weight excluding hydrogens is 323 g/mol. The number of carbonyl (C=O) groups excluding carboxylic acids is 1. The highest BCUT2D eigenvalue weighted by molar-refractivity contribution is 5.94. The fourth-order valence-corrected chi connectivity index (χ4v) is 3.20. The Hall–Kier alpha value is -3.15. The third kappa shape index (κ3) is 2.87. The third-order valence-corrected chi connectivity index (χ3v) is 4.43. The van der Waals surface area contributed by atoms with E-state index < -0.39 is 11.5 Å². The van der Waals surface area contributed by atoms with Crippen molar-refractivity contribution in [3.8, 4) is 11.5 Å². The molecule has 1 unspecified atom stereocenters. The van der Waals surface area contributed by atoms with Gasteiger partial charge in [-0.15, -0.1) is 0 Å². The second kappa shape index (κ2) is 6.05. The molecule has 1 aliphatic rings. The number of aromatic amines is 1. The Morgan fingerprint density at radius 2 is 2.12 bits per heavy atom. The molecule has 1 atom stereocenters. The molecule has 3 aromatic rings. The molecule has 0 spiro atoms. The first-order chi connectivity index (χ1) is 12.1. The van der Waals surface area contributed by atoms with Gasteiger partial charge < -0.3 is 14.7 Å². The predicted octanol–water partition coefficient (Wildman–Crippen LogP) is 3.19. The Labute approximate surface area is 142 Å². The minimum absolute atomic E-state index is 0.0332. The lowest BCUT2D eigenvalue weighted by molar-refractivity contribution is 0.0935. The highest BCUT2D eigenvalue weighted by Crippen LogP contribution is 2.31. The maximum atomic E-state index is 13.3. The fraction of sp³-hybridized carbons (Fsp3) is 0.158. The normalized spacial score (nSPS) is 15.8. The summed E-state index contributed by atoms with van der Waals surface area (Å²) >= 11 is 0. The minimum Gasteiger partial charge on any atom is -0.463 e. The molecule has 1 aromatic carbocycles. The Balaban J connectivity index is 1.56. The molecule has 1 amide bonds. The van der Waals surface area contributed by atoms with Crippen molar-refractivity contribution in [2.24, 2.45) is 0 Å². The molecule has 0 bridgehead atoms. The molecule has 0 saturated carbocycles. The first kappa shape index (κ1) is 15.4. The van der Waals surface area contributed by atoms with E-state index in [1.807, 2.05) is 0 Å². The Bertz CT molecular complexity index is 992. The van der Waals surface area contributed by atoms with Gasteiger partial charge >= 0.3 is 0 Å². The number of halogens is 1. The summed E-state index contributed by atoms with van der Waals surface area (Å²) in [5, 5.41) is 2.86. The summed E-state index contributed by atoms with van der Waals surface area (Å²) in [4.78, 5) is 27.4. The number of amides is 1. The van der Waals surface area contributed by atoms with Crippen LogP contribution in [-0.2, 0) is 6.42 Å². The van der Waals surface area contributed by atoms with Gasteiger partial charge in [-0.25, -0.2) is 4.39 Å². The van der Waals surface area contributed by atoms with E-state index in [0.29, 0.717) is 24.3 Å². The van der Waals surface area contributed by atoms with Gasteiger partial charge in [0.2, 0.25) is 0 Å². The van der Waals surface area contributed by atoms with Gasteiger partial charge in [-0.2, -0.15) is 0 Å². The van der Waals surface area contributed by atoms with Crippen LogP contribution in [0, 0.1) is 5.82 Å². The zero-order valence-electron chi connectivity index (χ0n) is 13.2. The lowest BCUT2D eigenvalue weighted by Crippen LogP contribution is -2.32. The van der Waals surface area contributed by atoms with E-state index in [0.717, 1.165) is 11.1 Å².